The van der Waals surface area contributed by atoms with Crippen LogP contribution in [0.2, 0.25) is 0 Å². The van der Waals surface area contributed by atoms with Gasteiger partial charge in [-0.15, -0.1) is 0 Å². The molecular weight excluding hydrogens is 450 g/mol. The largest absolute Gasteiger partial charge is 0.389 e. The molecule has 0 bridgehead atoms. The summed E-state index contributed by atoms with van der Waals surface area (Å²) in [7, 11) is 0. The van der Waals surface area contributed by atoms with E-state index in [2.05, 4.69) is 20.6 Å². The summed E-state index contributed by atoms with van der Waals surface area (Å²) in [6, 6.07) is 19.2. The Bertz CT molecular complexity index is 1500. The summed E-state index contributed by atoms with van der Waals surface area (Å²) in [5.74, 6) is -0.173. The molecule has 0 radical (unpaired) electrons. The number of amides is 1. The van der Waals surface area contributed by atoms with Crippen LogP contribution in [0.4, 0.5) is 0 Å². The molecule has 0 spiro atoms. The third-order valence-electron chi connectivity index (χ3n) is 6.65. The van der Waals surface area contributed by atoms with Gasteiger partial charge in [0.1, 0.15) is 0 Å². The molecule has 2 aromatic carbocycles. The van der Waals surface area contributed by atoms with E-state index in [1.54, 1.807) is 17.4 Å². The molecule has 0 saturated heterocycles. The number of benzene rings is 2. The fourth-order valence-corrected chi connectivity index (χ4v) is 4.79. The first-order chi connectivity index (χ1) is 17.7. The Hall–Kier alpha value is -4.36. The standard InChI is InChI=1S/C29H25N5O2/c35-24-7-3-5-22(15-24)28-16-26(23-6-4-14-30-17-23)32-34(28)29(36)21-12-10-20(11-13-21)18-33-19-31-25-8-1-2-9-27(25)33/h1-6,8-15,17,19,24,28,35H,7,16,18H2. The second-order valence-corrected chi connectivity index (χ2v) is 9.09. The summed E-state index contributed by atoms with van der Waals surface area (Å²) < 4.78 is 2.10. The van der Waals surface area contributed by atoms with Gasteiger partial charge in [0.2, 0.25) is 0 Å². The van der Waals surface area contributed by atoms with Crippen LogP contribution in [0.5, 0.6) is 0 Å². The minimum atomic E-state index is -0.553. The Balaban J connectivity index is 1.27. The van der Waals surface area contributed by atoms with Gasteiger partial charge in [-0.3, -0.25) is 9.78 Å². The summed E-state index contributed by atoms with van der Waals surface area (Å²) >= 11 is 0. The van der Waals surface area contributed by atoms with Crippen LogP contribution in [0.25, 0.3) is 11.0 Å². The van der Waals surface area contributed by atoms with E-state index in [0.717, 1.165) is 33.4 Å². The molecule has 0 fully saturated rings. The van der Waals surface area contributed by atoms with Gasteiger partial charge in [0, 0.05) is 36.5 Å². The van der Waals surface area contributed by atoms with Gasteiger partial charge in [-0.1, -0.05) is 48.6 Å². The molecular formula is C29H25N5O2. The van der Waals surface area contributed by atoms with Crippen LogP contribution in [-0.4, -0.2) is 48.4 Å². The number of hydrogen-bond donors (Lipinski definition) is 1. The summed E-state index contributed by atoms with van der Waals surface area (Å²) in [6.45, 7) is 0.667. The number of hydrazone groups is 1. The molecule has 2 aliphatic rings. The number of aromatic nitrogens is 3. The Labute approximate surface area is 208 Å². The van der Waals surface area contributed by atoms with E-state index in [0.29, 0.717) is 24.9 Å². The fraction of sp³-hybridized carbons (Fsp3) is 0.172. The maximum Gasteiger partial charge on any atom is 0.274 e. The van der Waals surface area contributed by atoms with Crippen LogP contribution in [0.15, 0.2) is 108 Å². The van der Waals surface area contributed by atoms with Crippen LogP contribution in [0, 0.1) is 0 Å². The predicted molar refractivity (Wildman–Crippen MR) is 138 cm³/mol. The highest BCUT2D eigenvalue weighted by molar-refractivity contribution is 6.05. The molecule has 1 aliphatic heterocycles. The molecule has 1 amide bonds. The van der Waals surface area contributed by atoms with Crippen LogP contribution in [0.1, 0.15) is 34.3 Å². The molecule has 2 unspecified atom stereocenters. The minimum Gasteiger partial charge on any atom is -0.389 e. The van der Waals surface area contributed by atoms with Crippen LogP contribution < -0.4 is 0 Å². The third kappa shape index (κ3) is 4.25. The summed E-state index contributed by atoms with van der Waals surface area (Å²) in [5, 5.41) is 16.5. The van der Waals surface area contributed by atoms with Gasteiger partial charge >= 0.3 is 0 Å². The minimum absolute atomic E-state index is 0.173. The van der Waals surface area contributed by atoms with Crippen molar-refractivity contribution in [2.75, 3.05) is 0 Å². The molecule has 36 heavy (non-hydrogen) atoms. The van der Waals surface area contributed by atoms with E-state index in [-0.39, 0.29) is 11.9 Å². The highest BCUT2D eigenvalue weighted by atomic mass is 16.3. The summed E-state index contributed by atoms with van der Waals surface area (Å²) in [6.07, 6.45) is 11.7. The van der Waals surface area contributed by atoms with E-state index < -0.39 is 6.10 Å². The van der Waals surface area contributed by atoms with Gasteiger partial charge in [0.05, 0.1) is 35.2 Å². The van der Waals surface area contributed by atoms with E-state index in [9.17, 15) is 9.90 Å². The Morgan fingerprint density at radius 3 is 2.72 bits per heavy atom. The van der Waals surface area contributed by atoms with Crippen molar-refractivity contribution in [3.63, 3.8) is 0 Å². The molecule has 7 heteroatoms. The second kappa shape index (κ2) is 9.36. The van der Waals surface area contributed by atoms with Gasteiger partial charge in [-0.2, -0.15) is 5.10 Å². The molecule has 0 saturated carbocycles. The average molecular weight is 476 g/mol. The van der Waals surface area contributed by atoms with Crippen molar-refractivity contribution < 1.29 is 9.90 Å². The molecule has 2 atom stereocenters. The number of aliphatic hydroxyl groups is 1. The molecule has 6 rings (SSSR count). The number of pyridine rings is 1. The number of hydrogen-bond acceptors (Lipinski definition) is 5. The average Bonchev–Trinajstić information content (AvgIpc) is 3.55. The Morgan fingerprint density at radius 1 is 1.06 bits per heavy atom. The summed E-state index contributed by atoms with van der Waals surface area (Å²) in [5.41, 5.74) is 6.27. The van der Waals surface area contributed by atoms with E-state index in [4.69, 9.17) is 5.10 Å². The molecule has 4 aromatic rings. The number of nitrogens with zero attached hydrogens (tertiary/aromatic N) is 5. The number of para-hydroxylation sites is 2. The first-order valence-electron chi connectivity index (χ1n) is 12.0. The first kappa shape index (κ1) is 22.1. The highest BCUT2D eigenvalue weighted by Gasteiger charge is 2.35. The van der Waals surface area contributed by atoms with Gasteiger partial charge in [-0.05, 0) is 47.9 Å². The number of rotatable bonds is 5. The van der Waals surface area contributed by atoms with Crippen molar-refractivity contribution in [1.29, 1.82) is 0 Å². The lowest BCUT2D eigenvalue weighted by atomic mass is 9.94. The lowest BCUT2D eigenvalue weighted by molar-refractivity contribution is 0.0735. The number of aliphatic hydroxyl groups excluding tert-OH is 1. The van der Waals surface area contributed by atoms with Gasteiger partial charge in [0.25, 0.3) is 5.91 Å². The highest BCUT2D eigenvalue weighted by Crippen LogP contribution is 2.30. The monoisotopic (exact) mass is 475 g/mol. The molecule has 7 nitrogen and oxygen atoms in total. The molecule has 1 aliphatic carbocycles. The van der Waals surface area contributed by atoms with Crippen molar-refractivity contribution in [2.24, 2.45) is 5.10 Å². The zero-order chi connectivity index (χ0) is 24.5. The van der Waals surface area contributed by atoms with Crippen molar-refractivity contribution in [3.05, 3.63) is 120 Å². The van der Waals surface area contributed by atoms with Gasteiger partial charge in [-0.25, -0.2) is 9.99 Å². The number of carbonyl (C=O) groups excluding carboxylic acids is 1. The molecule has 1 N–H and O–H groups in total. The normalized spacial score (nSPS) is 19.4. The Kier molecular flexibility index (Phi) is 5.75. The lowest BCUT2D eigenvalue weighted by Gasteiger charge is -2.25. The van der Waals surface area contributed by atoms with Crippen molar-refractivity contribution in [3.8, 4) is 0 Å². The second-order valence-electron chi connectivity index (χ2n) is 9.09. The first-order valence-corrected chi connectivity index (χ1v) is 12.0. The predicted octanol–water partition coefficient (Wildman–Crippen LogP) is 4.35. The fourth-order valence-electron chi connectivity index (χ4n) is 4.79. The molecule has 3 heterocycles. The van der Waals surface area contributed by atoms with Gasteiger partial charge in [0.15, 0.2) is 0 Å². The van der Waals surface area contributed by atoms with Crippen molar-refractivity contribution in [1.82, 2.24) is 19.5 Å². The van der Waals surface area contributed by atoms with Crippen molar-refractivity contribution >= 4 is 22.7 Å². The van der Waals surface area contributed by atoms with E-state index >= 15 is 0 Å². The molecule has 2 aromatic heterocycles. The smallest absolute Gasteiger partial charge is 0.274 e. The third-order valence-corrected chi connectivity index (χ3v) is 6.65. The zero-order valence-electron chi connectivity index (χ0n) is 19.6. The summed E-state index contributed by atoms with van der Waals surface area (Å²) in [4.78, 5) is 22.3. The van der Waals surface area contributed by atoms with E-state index in [1.165, 1.54) is 0 Å². The lowest BCUT2D eigenvalue weighted by Crippen LogP contribution is -2.34. The number of imidazole rings is 1. The quantitative estimate of drug-likeness (QED) is 0.465. The number of carbonyl (C=O) groups is 1. The van der Waals surface area contributed by atoms with Crippen LogP contribution >= 0.6 is 0 Å². The SMILES string of the molecule is O=C(c1ccc(Cn2cnc3ccccc32)cc1)N1N=C(c2cccnc2)CC1C1=CC(O)CC=C1. The van der Waals surface area contributed by atoms with Gasteiger partial charge < -0.3 is 9.67 Å². The van der Waals surface area contributed by atoms with E-state index in [1.807, 2.05) is 79.2 Å². The maximum absolute atomic E-state index is 13.6. The van der Waals surface area contributed by atoms with Crippen molar-refractivity contribution in [2.45, 2.75) is 31.5 Å². The maximum atomic E-state index is 13.6. The zero-order valence-corrected chi connectivity index (χ0v) is 19.6. The molecule has 178 valence electrons. The topological polar surface area (TPSA) is 83.6 Å². The Morgan fingerprint density at radius 2 is 1.92 bits per heavy atom. The number of fused-ring (bicyclic) bond motifs is 1. The van der Waals surface area contributed by atoms with Crippen LogP contribution in [-0.2, 0) is 6.54 Å². The van der Waals surface area contributed by atoms with Crippen LogP contribution in [0.3, 0.4) is 0 Å².